The Morgan fingerprint density at radius 1 is 1.25 bits per heavy atom. The van der Waals surface area contributed by atoms with Gasteiger partial charge in [-0.15, -0.1) is 0 Å². The molecule has 8 heteroatoms. The van der Waals surface area contributed by atoms with Crippen LogP contribution in [0.15, 0.2) is 36.6 Å². The minimum absolute atomic E-state index is 0.106. The van der Waals surface area contributed by atoms with Gasteiger partial charge in [-0.2, -0.15) is 0 Å². The highest BCUT2D eigenvalue weighted by molar-refractivity contribution is 5.82. The van der Waals surface area contributed by atoms with Crippen LogP contribution in [0.4, 0.5) is 0 Å². The Morgan fingerprint density at radius 3 is 2.69 bits per heavy atom. The first-order valence-electron chi connectivity index (χ1n) is 12.8. The molecule has 8 nitrogen and oxygen atoms in total. The summed E-state index contributed by atoms with van der Waals surface area (Å²) in [5, 5.41) is 21.2. The van der Waals surface area contributed by atoms with Gasteiger partial charge in [-0.1, -0.05) is 6.58 Å². The number of rotatable bonds is 8. The highest BCUT2D eigenvalue weighted by Crippen LogP contribution is 2.55. The second-order valence-corrected chi connectivity index (χ2v) is 11.1. The van der Waals surface area contributed by atoms with Crippen molar-refractivity contribution in [3.05, 3.63) is 47.7 Å². The molecular formula is C28H37NO7. The summed E-state index contributed by atoms with van der Waals surface area (Å²) >= 11 is 0. The molecule has 1 fully saturated rings. The number of benzene rings is 1. The van der Waals surface area contributed by atoms with Gasteiger partial charge in [-0.25, -0.2) is 4.79 Å². The number of nitrogens with zero attached hydrogens (tertiary/aromatic N) is 1. The molecule has 0 bridgehead atoms. The van der Waals surface area contributed by atoms with Crippen molar-refractivity contribution < 1.29 is 34.0 Å². The van der Waals surface area contributed by atoms with E-state index in [1.54, 1.807) is 21.0 Å². The van der Waals surface area contributed by atoms with Gasteiger partial charge in [0.1, 0.15) is 5.76 Å². The second-order valence-electron chi connectivity index (χ2n) is 11.1. The highest BCUT2D eigenvalue weighted by Gasteiger charge is 2.58. The normalized spacial score (nSPS) is 28.3. The number of methoxy groups -OCH3 is 1. The Hall–Kier alpha value is -2.55. The zero-order chi connectivity index (χ0) is 25.7. The van der Waals surface area contributed by atoms with E-state index < -0.39 is 23.3 Å². The Balaban J connectivity index is 1.49. The van der Waals surface area contributed by atoms with Gasteiger partial charge >= 0.3 is 5.97 Å². The summed E-state index contributed by atoms with van der Waals surface area (Å²) in [5.41, 5.74) is -0.888. The molecule has 1 saturated heterocycles. The van der Waals surface area contributed by atoms with Gasteiger partial charge in [0.25, 0.3) is 0 Å². The van der Waals surface area contributed by atoms with Crippen LogP contribution >= 0.6 is 0 Å². The first kappa shape index (κ1) is 25.1. The summed E-state index contributed by atoms with van der Waals surface area (Å²) in [6.07, 6.45) is 6.45. The Bertz CT molecular complexity index is 1080. The van der Waals surface area contributed by atoms with Crippen molar-refractivity contribution in [2.75, 3.05) is 27.0 Å². The number of aliphatic hydroxyl groups is 2. The van der Waals surface area contributed by atoms with Crippen LogP contribution in [-0.2, 0) is 20.7 Å². The average molecular weight is 500 g/mol. The molecule has 1 aliphatic carbocycles. The molecule has 3 heterocycles. The molecule has 2 N–H and O–H groups in total. The van der Waals surface area contributed by atoms with Gasteiger partial charge in [-0.05, 0) is 94.3 Å². The van der Waals surface area contributed by atoms with Gasteiger partial charge in [0, 0.05) is 6.54 Å². The van der Waals surface area contributed by atoms with Crippen molar-refractivity contribution in [2.45, 2.75) is 81.1 Å². The number of carbonyl (C=O) groups is 1. The van der Waals surface area contributed by atoms with Crippen molar-refractivity contribution in [2.24, 2.45) is 0 Å². The van der Waals surface area contributed by atoms with Gasteiger partial charge in [0.15, 0.2) is 23.2 Å². The minimum Gasteiger partial charge on any atom is -0.497 e. The molecule has 1 aromatic carbocycles. The van der Waals surface area contributed by atoms with E-state index in [1.807, 2.05) is 12.1 Å². The number of ether oxygens (including phenoxy) is 4. The lowest BCUT2D eigenvalue weighted by Gasteiger charge is -2.39. The molecular weight excluding hydrogens is 462 g/mol. The molecule has 2 unspecified atom stereocenters. The van der Waals surface area contributed by atoms with Crippen LogP contribution in [0, 0.1) is 0 Å². The number of fused-ring (bicyclic) bond motifs is 3. The molecule has 1 spiro atoms. The molecule has 36 heavy (non-hydrogen) atoms. The summed E-state index contributed by atoms with van der Waals surface area (Å²) in [6, 6.07) is 4.08. The Labute approximate surface area is 212 Å². The molecule has 1 aromatic rings. The zero-order valence-corrected chi connectivity index (χ0v) is 21.4. The monoisotopic (exact) mass is 499 g/mol. The fraction of sp³-hybridized carbons (Fsp3) is 0.607. The minimum atomic E-state index is -1.86. The van der Waals surface area contributed by atoms with E-state index in [2.05, 4.69) is 17.6 Å². The molecule has 0 radical (unpaired) electrons. The molecule has 4 atom stereocenters. The standard InChI is InChI=1S/C28H37NO7/c1-5-28(32,11-6-9-26(2,3)31)25(30)36-24-22(33-4)16-27-10-7-12-29(27)13-8-18-14-20-21(35-17-34-20)15-19(18)23(24)27/h5,14-16,23-24,31-32H,1,6-13,17H2,2-4H3/t23-,24?,27?,28+/m1/s1. The molecule has 0 saturated carbocycles. The molecule has 4 aliphatic rings. The molecule has 0 amide bonds. The third-order valence-corrected chi connectivity index (χ3v) is 8.24. The van der Waals surface area contributed by atoms with E-state index in [4.69, 9.17) is 18.9 Å². The predicted octanol–water partition coefficient (Wildman–Crippen LogP) is 3.20. The van der Waals surface area contributed by atoms with Gasteiger partial charge in [0.2, 0.25) is 6.79 Å². The number of hydrogen-bond donors (Lipinski definition) is 2. The third-order valence-electron chi connectivity index (χ3n) is 8.24. The van der Waals surface area contributed by atoms with Crippen LogP contribution in [0.25, 0.3) is 0 Å². The quantitative estimate of drug-likeness (QED) is 0.416. The second kappa shape index (κ2) is 9.08. The van der Waals surface area contributed by atoms with Crippen LogP contribution < -0.4 is 9.47 Å². The lowest BCUT2D eigenvalue weighted by atomic mass is 9.77. The van der Waals surface area contributed by atoms with E-state index in [1.165, 1.54) is 6.08 Å². The highest BCUT2D eigenvalue weighted by atomic mass is 16.7. The Morgan fingerprint density at radius 2 is 2.00 bits per heavy atom. The maximum atomic E-state index is 13.5. The average Bonchev–Trinajstić information content (AvgIpc) is 3.51. The first-order chi connectivity index (χ1) is 17.1. The maximum Gasteiger partial charge on any atom is 0.342 e. The number of carbonyl (C=O) groups excluding carboxylic acids is 1. The van der Waals surface area contributed by atoms with Crippen molar-refractivity contribution in [1.29, 1.82) is 0 Å². The largest absolute Gasteiger partial charge is 0.497 e. The van der Waals surface area contributed by atoms with Crippen LogP contribution in [0.3, 0.4) is 0 Å². The number of esters is 1. The summed E-state index contributed by atoms with van der Waals surface area (Å²) < 4.78 is 23.3. The third kappa shape index (κ3) is 4.19. The summed E-state index contributed by atoms with van der Waals surface area (Å²) in [6.45, 7) is 9.14. The van der Waals surface area contributed by atoms with Gasteiger partial charge < -0.3 is 29.2 Å². The molecule has 0 aromatic heterocycles. The summed E-state index contributed by atoms with van der Waals surface area (Å²) in [5.74, 6) is 1.06. The smallest absolute Gasteiger partial charge is 0.342 e. The fourth-order valence-corrected chi connectivity index (χ4v) is 6.39. The fourth-order valence-electron chi connectivity index (χ4n) is 6.39. The van der Waals surface area contributed by atoms with Gasteiger partial charge in [0.05, 0.1) is 24.2 Å². The van der Waals surface area contributed by atoms with Crippen molar-refractivity contribution in [3.8, 4) is 11.5 Å². The van der Waals surface area contributed by atoms with E-state index >= 15 is 0 Å². The van der Waals surface area contributed by atoms with Crippen LogP contribution in [-0.4, -0.2) is 70.9 Å². The van der Waals surface area contributed by atoms with Gasteiger partial charge in [-0.3, -0.25) is 4.90 Å². The lowest BCUT2D eigenvalue weighted by Crippen LogP contribution is -2.48. The van der Waals surface area contributed by atoms with E-state index in [0.717, 1.165) is 49.2 Å². The molecule has 196 valence electrons. The van der Waals surface area contributed by atoms with E-state index in [9.17, 15) is 15.0 Å². The Kier molecular flexibility index (Phi) is 6.34. The predicted molar refractivity (Wildman–Crippen MR) is 133 cm³/mol. The molecule has 5 rings (SSSR count). The lowest BCUT2D eigenvalue weighted by molar-refractivity contribution is -0.168. The van der Waals surface area contributed by atoms with E-state index in [0.29, 0.717) is 24.4 Å². The van der Waals surface area contributed by atoms with Crippen LogP contribution in [0.5, 0.6) is 11.5 Å². The molecule has 3 aliphatic heterocycles. The first-order valence-corrected chi connectivity index (χ1v) is 12.8. The summed E-state index contributed by atoms with van der Waals surface area (Å²) in [7, 11) is 1.59. The maximum absolute atomic E-state index is 13.5. The van der Waals surface area contributed by atoms with Crippen LogP contribution in [0.1, 0.15) is 63.0 Å². The number of hydrogen-bond acceptors (Lipinski definition) is 8. The van der Waals surface area contributed by atoms with Crippen molar-refractivity contribution in [1.82, 2.24) is 4.90 Å². The SMILES string of the molecule is C=C[C@](O)(CCCC(C)(C)O)C(=O)OC1C(OC)=CC23CCCN2CCc2cc4c(cc2[C@H]13)OCO4. The van der Waals surface area contributed by atoms with Crippen molar-refractivity contribution in [3.63, 3.8) is 0 Å². The topological polar surface area (TPSA) is 97.7 Å². The zero-order valence-electron chi connectivity index (χ0n) is 21.4. The van der Waals surface area contributed by atoms with Crippen molar-refractivity contribution >= 4 is 5.97 Å². The van der Waals surface area contributed by atoms with E-state index in [-0.39, 0.29) is 24.7 Å². The summed E-state index contributed by atoms with van der Waals surface area (Å²) in [4.78, 5) is 15.9. The van der Waals surface area contributed by atoms with Crippen LogP contribution in [0.2, 0.25) is 0 Å².